The molecule has 0 aromatic heterocycles. The Balaban J connectivity index is 0.00000100. The molecule has 0 heterocycles. The Hall–Kier alpha value is -0.686. The van der Waals surface area contributed by atoms with Gasteiger partial charge in [0.15, 0.2) is 0 Å². The van der Waals surface area contributed by atoms with E-state index in [0.717, 1.165) is 88.2 Å². The van der Waals surface area contributed by atoms with Crippen molar-refractivity contribution in [3.63, 3.8) is 0 Å². The summed E-state index contributed by atoms with van der Waals surface area (Å²) in [6, 6.07) is 15.4. The maximum absolute atomic E-state index is 13.0. The fourth-order valence-electron chi connectivity index (χ4n) is 7.37. The number of rotatable bonds is 30. The Morgan fingerprint density at radius 2 is 0.755 bits per heavy atom. The molecule has 0 fully saturated rings. The molecule has 0 aliphatic rings. The Kier molecular flexibility index (Phi) is 32.0. The largest absolute Gasteiger partial charge is 2.00 e. The van der Waals surface area contributed by atoms with E-state index >= 15 is 0 Å². The maximum Gasteiger partial charge on any atom is 2.00 e. The average molecular weight is 818 g/mol. The van der Waals surface area contributed by atoms with E-state index in [-0.39, 0.29) is 16.5 Å². The van der Waals surface area contributed by atoms with Gasteiger partial charge >= 0.3 is 16.5 Å². The van der Waals surface area contributed by atoms with Crippen molar-refractivity contribution in [1.82, 2.24) is 0 Å². The van der Waals surface area contributed by atoms with Crippen molar-refractivity contribution in [2.24, 2.45) is 11.8 Å². The molecule has 0 saturated heterocycles. The smallest absolute Gasteiger partial charge is 0.796 e. The van der Waals surface area contributed by atoms with Crippen molar-refractivity contribution in [2.45, 2.75) is 196 Å². The molecular weight excluding hydrogens is 737 g/mol. The first kappa shape index (κ1) is 52.3. The summed E-state index contributed by atoms with van der Waals surface area (Å²) in [6.07, 6.45) is 28.6. The predicted octanol–water partition coefficient (Wildman–Crippen LogP) is 12.9. The van der Waals surface area contributed by atoms with Gasteiger partial charge in [-0.3, -0.25) is 0 Å². The first-order valence-corrected chi connectivity index (χ1v) is 25.5. The van der Waals surface area contributed by atoms with Crippen LogP contribution in [0.2, 0.25) is 0 Å². The van der Waals surface area contributed by atoms with Crippen molar-refractivity contribution >= 4 is 25.3 Å². The molecule has 4 atom stereocenters. The van der Waals surface area contributed by atoms with Crippen LogP contribution < -0.4 is 20.4 Å². The predicted molar refractivity (Wildman–Crippen MR) is 227 cm³/mol. The van der Waals surface area contributed by atoms with Crippen molar-refractivity contribution in [2.75, 3.05) is 12.3 Å². The van der Waals surface area contributed by atoms with Gasteiger partial charge in [-0.05, 0) is 61.0 Å². The molecule has 308 valence electrons. The molecule has 2 rings (SSSR count). The summed E-state index contributed by atoms with van der Waals surface area (Å²) in [6.45, 7) is 13.0. The van der Waals surface area contributed by atoms with E-state index in [1.807, 2.05) is 48.5 Å². The summed E-state index contributed by atoms with van der Waals surface area (Å²) >= 11 is 0. The molecule has 53 heavy (non-hydrogen) atoms. The van der Waals surface area contributed by atoms with Crippen LogP contribution in [0.3, 0.4) is 0 Å². The second-order valence-electron chi connectivity index (χ2n) is 15.5. The molecule has 2 aromatic rings. The van der Waals surface area contributed by atoms with E-state index < -0.39 is 14.7 Å². The fourth-order valence-corrected chi connectivity index (χ4v) is 11.9. The number of hydrogen-bond donors (Lipinski definition) is 0. The molecule has 7 heteroatoms. The standard InChI is InChI=1S/2C23H41O2P.Ni/c2*1-4-7-9-10-11-12-13-17-22-18-14-15-19-23(22)26(24,25)20-21(6-3)16-8-5-2;/h2*14-15,18-19,21H,4-13,16-17,20H2,1-3H3,(H,24,25);/q;;+2/p-2. The first-order chi connectivity index (χ1) is 25.1. The van der Waals surface area contributed by atoms with Crippen LogP contribution in [0.1, 0.15) is 194 Å². The minimum atomic E-state index is -3.52. The van der Waals surface area contributed by atoms with Gasteiger partial charge < -0.3 is 18.9 Å². The van der Waals surface area contributed by atoms with E-state index in [1.54, 1.807) is 0 Å². The quantitative estimate of drug-likeness (QED) is 0.0447. The van der Waals surface area contributed by atoms with E-state index in [2.05, 4.69) is 41.5 Å². The summed E-state index contributed by atoms with van der Waals surface area (Å²) in [5.41, 5.74) is 2.06. The van der Waals surface area contributed by atoms with Crippen LogP contribution in [0, 0.1) is 11.8 Å². The minimum Gasteiger partial charge on any atom is -0.796 e. The molecule has 0 aliphatic carbocycles. The normalized spacial score (nSPS) is 14.6. The average Bonchev–Trinajstić information content (AvgIpc) is 3.14. The fraction of sp³-hybridized carbons (Fsp3) is 0.739. The van der Waals surface area contributed by atoms with Crippen molar-refractivity contribution in [3.8, 4) is 0 Å². The maximum atomic E-state index is 13.0. The third-order valence-electron chi connectivity index (χ3n) is 10.9. The van der Waals surface area contributed by atoms with E-state index in [9.17, 15) is 18.9 Å². The number of benzene rings is 2. The third kappa shape index (κ3) is 23.2. The summed E-state index contributed by atoms with van der Waals surface area (Å²) in [5, 5.41) is 1.22. The van der Waals surface area contributed by atoms with Gasteiger partial charge in [0, 0.05) is 25.3 Å². The van der Waals surface area contributed by atoms with Gasteiger partial charge in [0.2, 0.25) is 0 Å². The molecule has 0 amide bonds. The number of hydrogen-bond acceptors (Lipinski definition) is 4. The van der Waals surface area contributed by atoms with Crippen LogP contribution in [0.25, 0.3) is 0 Å². The van der Waals surface area contributed by atoms with Crippen molar-refractivity contribution in [1.29, 1.82) is 0 Å². The van der Waals surface area contributed by atoms with Crippen molar-refractivity contribution < 1.29 is 35.4 Å². The second kappa shape index (κ2) is 32.4. The molecule has 0 aliphatic heterocycles. The summed E-state index contributed by atoms with van der Waals surface area (Å²) in [7, 11) is -7.03. The van der Waals surface area contributed by atoms with Gasteiger partial charge in [-0.1, -0.05) is 218 Å². The van der Waals surface area contributed by atoms with E-state index in [1.165, 1.54) is 77.0 Å². The van der Waals surface area contributed by atoms with Gasteiger partial charge in [0.25, 0.3) is 0 Å². The Bertz CT molecular complexity index is 1160. The molecule has 4 unspecified atom stereocenters. The van der Waals surface area contributed by atoms with Gasteiger partial charge in [-0.2, -0.15) is 0 Å². The SMILES string of the molecule is CCCCCCCCCc1ccccc1P(=O)([O-])CC(CC)CCCC.CCCCCCCCCc1ccccc1P(=O)([O-])CC(CC)CCCC.[Ni+2]. The van der Waals surface area contributed by atoms with Crippen LogP contribution in [0.5, 0.6) is 0 Å². The molecule has 4 nitrogen and oxygen atoms in total. The van der Waals surface area contributed by atoms with Crippen LogP contribution in [-0.2, 0) is 38.5 Å². The zero-order valence-corrected chi connectivity index (χ0v) is 37.8. The van der Waals surface area contributed by atoms with Crippen LogP contribution in [0.4, 0.5) is 0 Å². The molecule has 0 radical (unpaired) electrons. The van der Waals surface area contributed by atoms with Gasteiger partial charge in [0.1, 0.15) is 0 Å². The second-order valence-corrected chi connectivity index (χ2v) is 19.9. The Labute approximate surface area is 338 Å². The van der Waals surface area contributed by atoms with E-state index in [0.29, 0.717) is 34.8 Å². The monoisotopic (exact) mass is 816 g/mol. The van der Waals surface area contributed by atoms with Crippen LogP contribution in [-0.4, -0.2) is 12.3 Å². The molecule has 0 spiro atoms. The first-order valence-electron chi connectivity index (χ1n) is 21.9. The molecule has 0 N–H and O–H groups in total. The van der Waals surface area contributed by atoms with Gasteiger partial charge in [-0.25, -0.2) is 0 Å². The van der Waals surface area contributed by atoms with E-state index in [4.69, 9.17) is 0 Å². The minimum absolute atomic E-state index is 0. The van der Waals surface area contributed by atoms with Crippen molar-refractivity contribution in [3.05, 3.63) is 59.7 Å². The zero-order valence-electron chi connectivity index (χ0n) is 35.0. The van der Waals surface area contributed by atoms with Crippen LogP contribution in [0.15, 0.2) is 48.5 Å². The zero-order chi connectivity index (χ0) is 38.5. The third-order valence-corrected chi connectivity index (χ3v) is 15.2. The van der Waals surface area contributed by atoms with Gasteiger partial charge in [0.05, 0.1) is 0 Å². The summed E-state index contributed by atoms with van der Waals surface area (Å²) < 4.78 is 26.0. The Morgan fingerprint density at radius 1 is 0.453 bits per heavy atom. The summed E-state index contributed by atoms with van der Waals surface area (Å²) in [5.74, 6) is 0.592. The number of unbranched alkanes of at least 4 members (excludes halogenated alkanes) is 14. The molecule has 2 aromatic carbocycles. The topological polar surface area (TPSA) is 80.3 Å². The molecular formula is C46H80NiO4P2. The molecule has 0 bridgehead atoms. The Morgan fingerprint density at radius 3 is 1.08 bits per heavy atom. The number of aryl methyl sites for hydroxylation is 2. The van der Waals surface area contributed by atoms with Crippen LogP contribution >= 0.6 is 14.7 Å². The molecule has 0 saturated carbocycles. The summed E-state index contributed by atoms with van der Waals surface area (Å²) in [4.78, 5) is 26.0. The van der Waals surface area contributed by atoms with Gasteiger partial charge in [-0.15, -0.1) is 0 Å².